The van der Waals surface area contributed by atoms with E-state index in [2.05, 4.69) is 21.2 Å². The van der Waals surface area contributed by atoms with Crippen molar-refractivity contribution < 1.29 is 18.0 Å². The molecular formula is C20H14BrF3N2O2. The number of amides is 1. The third-order valence-corrected chi connectivity index (χ3v) is 4.60. The van der Waals surface area contributed by atoms with Crippen molar-refractivity contribution in [3.05, 3.63) is 104 Å². The molecule has 3 rings (SSSR count). The number of rotatable bonds is 4. The van der Waals surface area contributed by atoms with Crippen LogP contribution >= 0.6 is 15.9 Å². The molecule has 0 aliphatic heterocycles. The third-order valence-electron chi connectivity index (χ3n) is 4.07. The zero-order chi connectivity index (χ0) is 20.3. The molecule has 0 fully saturated rings. The van der Waals surface area contributed by atoms with Gasteiger partial charge < -0.3 is 10.3 Å². The number of carbonyl (C=O) groups excluding carboxylic acids is 1. The van der Waals surface area contributed by atoms with Gasteiger partial charge in [0.05, 0.1) is 6.04 Å². The van der Waals surface area contributed by atoms with Crippen molar-refractivity contribution in [1.82, 2.24) is 10.3 Å². The van der Waals surface area contributed by atoms with E-state index in [0.29, 0.717) is 6.07 Å². The predicted octanol–water partition coefficient (Wildman–Crippen LogP) is 4.68. The second-order valence-electron chi connectivity index (χ2n) is 5.98. The van der Waals surface area contributed by atoms with Crippen molar-refractivity contribution >= 4 is 21.8 Å². The Labute approximate surface area is 166 Å². The van der Waals surface area contributed by atoms with Gasteiger partial charge in [-0.05, 0) is 35.4 Å². The average molecular weight is 451 g/mol. The summed E-state index contributed by atoms with van der Waals surface area (Å²) in [4.78, 5) is 26.3. The van der Waals surface area contributed by atoms with Crippen LogP contribution in [-0.4, -0.2) is 10.9 Å². The number of nitrogens with one attached hydrogen (secondary N) is 2. The second-order valence-corrected chi connectivity index (χ2v) is 6.90. The van der Waals surface area contributed by atoms with Gasteiger partial charge in [-0.3, -0.25) is 9.59 Å². The molecule has 8 heteroatoms. The number of alkyl halides is 3. The van der Waals surface area contributed by atoms with Gasteiger partial charge in [0.1, 0.15) is 11.3 Å². The SMILES string of the molecule is O=C(NC(c1ccccc1)c1ccc(Br)cc1)c1ccc(C(F)(F)F)[nH]c1=O. The minimum absolute atomic E-state index is 0.397. The number of hydrogen-bond acceptors (Lipinski definition) is 2. The lowest BCUT2D eigenvalue weighted by atomic mass is 9.98. The molecule has 2 N–H and O–H groups in total. The number of hydrogen-bond donors (Lipinski definition) is 2. The lowest BCUT2D eigenvalue weighted by Crippen LogP contribution is -2.34. The molecule has 4 nitrogen and oxygen atoms in total. The number of halogens is 4. The van der Waals surface area contributed by atoms with Gasteiger partial charge in [0.15, 0.2) is 0 Å². The van der Waals surface area contributed by atoms with E-state index in [1.54, 1.807) is 29.2 Å². The van der Waals surface area contributed by atoms with Gasteiger partial charge in [-0.2, -0.15) is 13.2 Å². The van der Waals surface area contributed by atoms with Crippen molar-refractivity contribution in [3.63, 3.8) is 0 Å². The zero-order valence-corrected chi connectivity index (χ0v) is 15.8. The Bertz CT molecular complexity index is 1030. The number of aromatic amines is 1. The van der Waals surface area contributed by atoms with Crippen molar-refractivity contribution in [2.75, 3.05) is 0 Å². The highest BCUT2D eigenvalue weighted by atomic mass is 79.9. The Kier molecular flexibility index (Phi) is 5.69. The lowest BCUT2D eigenvalue weighted by Gasteiger charge is -2.20. The molecule has 2 aromatic carbocycles. The summed E-state index contributed by atoms with van der Waals surface area (Å²) in [5.74, 6) is -0.772. The van der Waals surface area contributed by atoms with Crippen LogP contribution in [0.1, 0.15) is 33.2 Å². The smallest absolute Gasteiger partial charge is 0.341 e. The number of benzene rings is 2. The summed E-state index contributed by atoms with van der Waals surface area (Å²) in [7, 11) is 0. The van der Waals surface area contributed by atoms with Crippen LogP contribution in [-0.2, 0) is 6.18 Å². The summed E-state index contributed by atoms with van der Waals surface area (Å²) in [5.41, 5.74) is -1.19. The van der Waals surface area contributed by atoms with Crippen molar-refractivity contribution in [3.8, 4) is 0 Å². The van der Waals surface area contributed by atoms with Crippen LogP contribution in [0, 0.1) is 0 Å². The Hall–Kier alpha value is -2.87. The summed E-state index contributed by atoms with van der Waals surface area (Å²) in [6.07, 6.45) is -4.70. The lowest BCUT2D eigenvalue weighted by molar-refractivity contribution is -0.141. The van der Waals surface area contributed by atoms with E-state index >= 15 is 0 Å². The molecule has 0 saturated heterocycles. The van der Waals surface area contributed by atoms with Crippen molar-refractivity contribution in [2.45, 2.75) is 12.2 Å². The second kappa shape index (κ2) is 8.02. The number of pyridine rings is 1. The maximum atomic E-state index is 12.7. The van der Waals surface area contributed by atoms with E-state index in [1.807, 2.05) is 30.3 Å². The Morgan fingerprint density at radius 3 is 2.11 bits per heavy atom. The quantitative estimate of drug-likeness (QED) is 0.606. The number of aromatic nitrogens is 1. The molecule has 0 radical (unpaired) electrons. The average Bonchev–Trinajstić information content (AvgIpc) is 2.66. The molecule has 0 bridgehead atoms. The topological polar surface area (TPSA) is 62.0 Å². The molecule has 0 aliphatic carbocycles. The van der Waals surface area contributed by atoms with Gasteiger partial charge in [-0.15, -0.1) is 0 Å². The molecule has 1 aromatic heterocycles. The maximum Gasteiger partial charge on any atom is 0.431 e. The van der Waals surface area contributed by atoms with Crippen molar-refractivity contribution in [1.29, 1.82) is 0 Å². The van der Waals surface area contributed by atoms with E-state index in [9.17, 15) is 22.8 Å². The van der Waals surface area contributed by atoms with E-state index in [4.69, 9.17) is 0 Å². The van der Waals surface area contributed by atoms with Gasteiger partial charge in [-0.1, -0.05) is 58.4 Å². The van der Waals surface area contributed by atoms with Gasteiger partial charge in [0.2, 0.25) is 0 Å². The highest BCUT2D eigenvalue weighted by Gasteiger charge is 2.32. The maximum absolute atomic E-state index is 12.7. The van der Waals surface area contributed by atoms with Crippen LogP contribution in [0.2, 0.25) is 0 Å². The molecule has 1 atom stereocenters. The summed E-state index contributed by atoms with van der Waals surface area (Å²) in [5, 5.41) is 2.73. The molecule has 0 spiro atoms. The highest BCUT2D eigenvalue weighted by molar-refractivity contribution is 9.10. The van der Waals surface area contributed by atoms with E-state index in [-0.39, 0.29) is 0 Å². The van der Waals surface area contributed by atoms with Crippen LogP contribution < -0.4 is 10.9 Å². The molecular weight excluding hydrogens is 437 g/mol. The normalized spacial score (nSPS) is 12.4. The van der Waals surface area contributed by atoms with Crippen LogP contribution in [0.25, 0.3) is 0 Å². The Morgan fingerprint density at radius 1 is 0.929 bits per heavy atom. The summed E-state index contributed by atoms with van der Waals surface area (Å²) in [6.45, 7) is 0. The van der Waals surface area contributed by atoms with Crippen molar-refractivity contribution in [2.24, 2.45) is 0 Å². The minimum Gasteiger partial charge on any atom is -0.341 e. The molecule has 28 heavy (non-hydrogen) atoms. The first-order valence-electron chi connectivity index (χ1n) is 8.17. The fourth-order valence-electron chi connectivity index (χ4n) is 2.69. The van der Waals surface area contributed by atoms with Gasteiger partial charge in [0.25, 0.3) is 11.5 Å². The van der Waals surface area contributed by atoms with Crippen LogP contribution in [0.5, 0.6) is 0 Å². The number of H-pyrrole nitrogens is 1. The predicted molar refractivity (Wildman–Crippen MR) is 102 cm³/mol. The first kappa shape index (κ1) is 19.9. The van der Waals surface area contributed by atoms with Crippen LogP contribution in [0.4, 0.5) is 13.2 Å². The monoisotopic (exact) mass is 450 g/mol. The summed E-state index contributed by atoms with van der Waals surface area (Å²) in [6, 6.07) is 17.2. The molecule has 3 aromatic rings. The largest absolute Gasteiger partial charge is 0.431 e. The molecule has 0 aliphatic rings. The fraction of sp³-hybridized carbons (Fsp3) is 0.100. The molecule has 1 amide bonds. The van der Waals surface area contributed by atoms with Gasteiger partial charge in [-0.25, -0.2) is 0 Å². The molecule has 1 heterocycles. The van der Waals surface area contributed by atoms with Gasteiger partial charge >= 0.3 is 6.18 Å². The number of carbonyl (C=O) groups is 1. The first-order chi connectivity index (χ1) is 13.3. The van der Waals surface area contributed by atoms with Gasteiger partial charge in [0, 0.05) is 4.47 Å². The summed E-state index contributed by atoms with van der Waals surface area (Å²) >= 11 is 3.35. The highest BCUT2D eigenvalue weighted by Crippen LogP contribution is 2.27. The Morgan fingerprint density at radius 2 is 1.54 bits per heavy atom. The van der Waals surface area contributed by atoms with E-state index < -0.39 is 34.9 Å². The first-order valence-corrected chi connectivity index (χ1v) is 8.97. The molecule has 0 saturated carbocycles. The fourth-order valence-corrected chi connectivity index (χ4v) is 2.95. The van der Waals surface area contributed by atoms with E-state index in [1.165, 1.54) is 0 Å². The Balaban J connectivity index is 1.94. The van der Waals surface area contributed by atoms with E-state index in [0.717, 1.165) is 21.7 Å². The van der Waals surface area contributed by atoms with Crippen LogP contribution in [0.3, 0.4) is 0 Å². The minimum atomic E-state index is -4.70. The zero-order valence-electron chi connectivity index (χ0n) is 14.3. The van der Waals surface area contributed by atoms with Crippen LogP contribution in [0.15, 0.2) is 76.0 Å². The standard InChI is InChI=1S/C20H14BrF3N2O2/c21-14-8-6-13(7-9-14)17(12-4-2-1-3-5-12)26-19(28)15-10-11-16(20(22,23)24)25-18(15)27/h1-11,17H,(H,25,27)(H,26,28). The third kappa shape index (κ3) is 4.51. The summed E-state index contributed by atoms with van der Waals surface area (Å²) < 4.78 is 39.0. The molecule has 1 unspecified atom stereocenters. The molecule has 144 valence electrons.